The van der Waals surface area contributed by atoms with Crippen LogP contribution in [0.2, 0.25) is 5.02 Å². The van der Waals surface area contributed by atoms with Gasteiger partial charge in [0.2, 0.25) is 10.0 Å². The molecule has 3 aromatic rings. The van der Waals surface area contributed by atoms with Crippen LogP contribution in [0.4, 0.5) is 0 Å². The first-order valence-electron chi connectivity index (χ1n) is 9.23. The van der Waals surface area contributed by atoms with E-state index in [0.29, 0.717) is 21.6 Å². The molecule has 0 radical (unpaired) electrons. The number of aliphatic hydroxyl groups excluding tert-OH is 1. The predicted molar refractivity (Wildman–Crippen MR) is 114 cm³/mol. The lowest BCUT2D eigenvalue weighted by atomic mass is 10.1. The van der Waals surface area contributed by atoms with Crippen molar-refractivity contribution in [3.8, 4) is 0 Å². The quantitative estimate of drug-likeness (QED) is 0.406. The van der Waals surface area contributed by atoms with Crippen molar-refractivity contribution in [1.29, 1.82) is 0 Å². The van der Waals surface area contributed by atoms with E-state index in [2.05, 4.69) is 4.72 Å². The Morgan fingerprint density at radius 2 is 1.87 bits per heavy atom. The van der Waals surface area contributed by atoms with E-state index in [4.69, 9.17) is 20.8 Å². The van der Waals surface area contributed by atoms with Gasteiger partial charge in [-0.3, -0.25) is 4.79 Å². The van der Waals surface area contributed by atoms with Gasteiger partial charge in [0.1, 0.15) is 18.2 Å². The molecule has 0 aliphatic rings. The van der Waals surface area contributed by atoms with Crippen LogP contribution in [0.5, 0.6) is 0 Å². The Labute approximate surface area is 183 Å². The maximum atomic E-state index is 12.6. The summed E-state index contributed by atoms with van der Waals surface area (Å²) in [4.78, 5) is 24.3. The van der Waals surface area contributed by atoms with E-state index < -0.39 is 33.8 Å². The fourth-order valence-electron chi connectivity index (χ4n) is 2.89. The second-order valence-electron chi connectivity index (χ2n) is 6.99. The van der Waals surface area contributed by atoms with Crippen LogP contribution >= 0.6 is 11.6 Å². The van der Waals surface area contributed by atoms with Crippen LogP contribution in [0.15, 0.2) is 62.6 Å². The fraction of sp³-hybridized carbons (Fsp3) is 0.238. The molecular formula is C21H20ClNO7S. The van der Waals surface area contributed by atoms with E-state index in [9.17, 15) is 23.1 Å². The minimum Gasteiger partial charge on any atom is -0.460 e. The molecule has 1 aromatic heterocycles. The molecule has 0 amide bonds. The zero-order valence-electron chi connectivity index (χ0n) is 16.7. The summed E-state index contributed by atoms with van der Waals surface area (Å²) in [6, 6.07) is 10.2. The number of fused-ring (bicyclic) bond motifs is 1. The van der Waals surface area contributed by atoms with Crippen LogP contribution in [0.25, 0.3) is 11.0 Å². The Morgan fingerprint density at radius 1 is 1.19 bits per heavy atom. The lowest BCUT2D eigenvalue weighted by Gasteiger charge is -2.20. The van der Waals surface area contributed by atoms with Crippen molar-refractivity contribution >= 4 is 38.6 Å². The molecule has 2 aromatic carbocycles. The van der Waals surface area contributed by atoms with Gasteiger partial charge in [-0.2, -0.15) is 4.72 Å². The van der Waals surface area contributed by atoms with Crippen molar-refractivity contribution in [1.82, 2.24) is 4.72 Å². The Balaban J connectivity index is 1.80. The van der Waals surface area contributed by atoms with Crippen molar-refractivity contribution < 1.29 is 27.5 Å². The molecule has 0 spiro atoms. The number of rotatable bonds is 7. The zero-order valence-corrected chi connectivity index (χ0v) is 18.2. The van der Waals surface area contributed by atoms with Crippen molar-refractivity contribution in [2.45, 2.75) is 37.5 Å². The van der Waals surface area contributed by atoms with E-state index in [1.807, 2.05) is 13.0 Å². The van der Waals surface area contributed by atoms with Crippen molar-refractivity contribution in [2.24, 2.45) is 0 Å². The Hall–Kier alpha value is -2.72. The summed E-state index contributed by atoms with van der Waals surface area (Å²) in [6.45, 7) is 2.79. The number of benzene rings is 2. The number of nitrogens with one attached hydrogen (secondary N) is 1. The number of ether oxygens (including phenoxy) is 1. The van der Waals surface area contributed by atoms with Gasteiger partial charge in [-0.05, 0) is 49.7 Å². The minimum absolute atomic E-state index is 0.127. The average Bonchev–Trinajstić information content (AvgIpc) is 2.69. The van der Waals surface area contributed by atoms with E-state index in [-0.39, 0.29) is 11.5 Å². The maximum absolute atomic E-state index is 12.6. The molecule has 2 N–H and O–H groups in total. The predicted octanol–water partition coefficient (Wildman–Crippen LogP) is 2.53. The molecule has 3 rings (SSSR count). The highest BCUT2D eigenvalue weighted by Gasteiger charge is 2.31. The zero-order chi connectivity index (χ0) is 22.8. The van der Waals surface area contributed by atoms with Crippen molar-refractivity contribution in [3.63, 3.8) is 0 Å². The number of hydrogen-bond acceptors (Lipinski definition) is 7. The maximum Gasteiger partial charge on any atom is 0.336 e. The molecular weight excluding hydrogens is 446 g/mol. The van der Waals surface area contributed by atoms with E-state index in [0.717, 1.165) is 5.56 Å². The number of aliphatic hydroxyl groups is 1. The second-order valence-corrected chi connectivity index (χ2v) is 9.14. The molecule has 0 saturated heterocycles. The van der Waals surface area contributed by atoms with Gasteiger partial charge >= 0.3 is 11.6 Å². The fourth-order valence-corrected chi connectivity index (χ4v) is 4.27. The normalized spacial score (nSPS) is 13.7. The van der Waals surface area contributed by atoms with Crippen LogP contribution in [0, 0.1) is 6.92 Å². The van der Waals surface area contributed by atoms with Crippen LogP contribution in [0.3, 0.4) is 0 Å². The van der Waals surface area contributed by atoms with Crippen LogP contribution in [-0.2, 0) is 26.2 Å². The van der Waals surface area contributed by atoms with Crippen LogP contribution in [0.1, 0.15) is 18.1 Å². The molecule has 164 valence electrons. The third kappa shape index (κ3) is 5.50. The lowest BCUT2D eigenvalue weighted by molar-refractivity contribution is -0.149. The number of carbonyl (C=O) groups is 1. The molecule has 1 heterocycles. The molecule has 0 aliphatic heterocycles. The molecule has 0 unspecified atom stereocenters. The number of carbonyl (C=O) groups excluding carboxylic acids is 1. The third-order valence-corrected chi connectivity index (χ3v) is 6.21. The van der Waals surface area contributed by atoms with Gasteiger partial charge in [0, 0.05) is 22.0 Å². The molecule has 0 saturated carbocycles. The third-order valence-electron chi connectivity index (χ3n) is 4.50. The minimum atomic E-state index is -4.13. The Kier molecular flexibility index (Phi) is 6.80. The second kappa shape index (κ2) is 9.19. The summed E-state index contributed by atoms with van der Waals surface area (Å²) in [5, 5.41) is 10.9. The SMILES string of the molecule is Cc1ccc2c(COC(=O)[C@@H](NS(=O)(=O)c3ccc(Cl)cc3)[C@@H](C)O)cc(=O)oc2c1. The summed E-state index contributed by atoms with van der Waals surface area (Å²) < 4.78 is 37.6. The van der Waals surface area contributed by atoms with Crippen molar-refractivity contribution in [2.75, 3.05) is 0 Å². The summed E-state index contributed by atoms with van der Waals surface area (Å²) >= 11 is 5.77. The van der Waals surface area contributed by atoms with Crippen LogP contribution in [-0.4, -0.2) is 31.6 Å². The molecule has 10 heteroatoms. The highest BCUT2D eigenvalue weighted by Crippen LogP contribution is 2.20. The van der Waals surface area contributed by atoms with E-state index >= 15 is 0 Å². The Morgan fingerprint density at radius 3 is 2.52 bits per heavy atom. The van der Waals surface area contributed by atoms with Gasteiger partial charge in [0.05, 0.1) is 11.0 Å². The first-order chi connectivity index (χ1) is 14.6. The van der Waals surface area contributed by atoms with Gasteiger partial charge in [0.15, 0.2) is 0 Å². The van der Waals surface area contributed by atoms with Crippen molar-refractivity contribution in [3.05, 3.63) is 75.1 Å². The molecule has 31 heavy (non-hydrogen) atoms. The summed E-state index contributed by atoms with van der Waals surface area (Å²) in [5.74, 6) is -0.999. The van der Waals surface area contributed by atoms with E-state index in [1.54, 1.807) is 12.1 Å². The van der Waals surface area contributed by atoms with Gasteiger partial charge in [-0.15, -0.1) is 0 Å². The topological polar surface area (TPSA) is 123 Å². The van der Waals surface area contributed by atoms with Crippen LogP contribution < -0.4 is 10.3 Å². The molecule has 2 atom stereocenters. The largest absolute Gasteiger partial charge is 0.460 e. The molecule has 0 fully saturated rings. The Bertz CT molecular complexity index is 1270. The number of hydrogen-bond donors (Lipinski definition) is 2. The lowest BCUT2D eigenvalue weighted by Crippen LogP contribution is -2.48. The number of halogens is 1. The highest BCUT2D eigenvalue weighted by atomic mass is 35.5. The number of sulfonamides is 1. The molecule has 8 nitrogen and oxygen atoms in total. The first kappa shape index (κ1) is 23.0. The summed E-state index contributed by atoms with van der Waals surface area (Å²) in [6.07, 6.45) is -1.38. The van der Waals surface area contributed by atoms with Gasteiger partial charge in [-0.25, -0.2) is 13.2 Å². The van der Waals surface area contributed by atoms with Gasteiger partial charge < -0.3 is 14.3 Å². The monoisotopic (exact) mass is 465 g/mol. The molecule has 0 bridgehead atoms. The smallest absolute Gasteiger partial charge is 0.336 e. The number of aryl methyl sites for hydroxylation is 1. The highest BCUT2D eigenvalue weighted by molar-refractivity contribution is 7.89. The van der Waals surface area contributed by atoms with Gasteiger partial charge in [0.25, 0.3) is 0 Å². The number of esters is 1. The summed E-state index contributed by atoms with van der Waals surface area (Å²) in [7, 11) is -4.13. The first-order valence-corrected chi connectivity index (χ1v) is 11.1. The molecule has 0 aliphatic carbocycles. The van der Waals surface area contributed by atoms with Gasteiger partial charge in [-0.1, -0.05) is 23.7 Å². The standard InChI is InChI=1S/C21H20ClNO7S/c1-12-3-8-17-14(10-19(25)30-18(17)9-12)11-29-21(26)20(13(2)24)23-31(27,28)16-6-4-15(22)5-7-16/h3-10,13,20,23-24H,11H2,1-2H3/t13-,20+/m1/s1. The average molecular weight is 466 g/mol. The summed E-state index contributed by atoms with van der Waals surface area (Å²) in [5.41, 5.74) is 1.01. The van der Waals surface area contributed by atoms with E-state index in [1.165, 1.54) is 37.3 Å².